The normalized spacial score (nSPS) is 10.2. The molecule has 0 aliphatic rings. The van der Waals surface area contributed by atoms with Gasteiger partial charge in [0.05, 0.1) is 14.2 Å². The van der Waals surface area contributed by atoms with E-state index in [9.17, 15) is 4.79 Å². The van der Waals surface area contributed by atoms with Gasteiger partial charge in [0.1, 0.15) is 18.1 Å². The summed E-state index contributed by atoms with van der Waals surface area (Å²) < 4.78 is 16.2. The molecule has 6 nitrogen and oxygen atoms in total. The van der Waals surface area contributed by atoms with Crippen molar-refractivity contribution in [3.8, 4) is 17.4 Å². The highest BCUT2D eigenvalue weighted by Crippen LogP contribution is 2.24. The van der Waals surface area contributed by atoms with Crippen molar-refractivity contribution in [3.05, 3.63) is 83.6 Å². The lowest BCUT2D eigenvalue weighted by Crippen LogP contribution is -2.23. The predicted molar refractivity (Wildman–Crippen MR) is 106 cm³/mol. The minimum absolute atomic E-state index is 0.218. The van der Waals surface area contributed by atoms with Gasteiger partial charge in [-0.3, -0.25) is 4.79 Å². The third-order valence-corrected chi connectivity index (χ3v) is 4.16. The molecule has 0 saturated heterocycles. The van der Waals surface area contributed by atoms with Gasteiger partial charge in [-0.2, -0.15) is 0 Å². The molecule has 2 aromatic carbocycles. The van der Waals surface area contributed by atoms with Crippen LogP contribution in [0, 0.1) is 0 Å². The largest absolute Gasteiger partial charge is 0.497 e. The second kappa shape index (κ2) is 9.41. The van der Waals surface area contributed by atoms with Crippen molar-refractivity contribution >= 4 is 5.91 Å². The van der Waals surface area contributed by atoms with Gasteiger partial charge >= 0.3 is 0 Å². The van der Waals surface area contributed by atoms with Crippen LogP contribution >= 0.6 is 0 Å². The molecule has 0 saturated carbocycles. The summed E-state index contributed by atoms with van der Waals surface area (Å²) in [5.74, 6) is 1.53. The number of aromatic nitrogens is 1. The SMILES string of the molecule is COc1ccc(CNC(=O)c2ccnc(OCc3ccccc3)c2)c(OC)c1. The molecule has 0 radical (unpaired) electrons. The summed E-state index contributed by atoms with van der Waals surface area (Å²) in [6.07, 6.45) is 1.56. The van der Waals surface area contributed by atoms with Gasteiger partial charge in [0, 0.05) is 36.0 Å². The Morgan fingerprint density at radius 1 is 1.00 bits per heavy atom. The Labute approximate surface area is 164 Å². The number of hydrogen-bond acceptors (Lipinski definition) is 5. The van der Waals surface area contributed by atoms with Gasteiger partial charge < -0.3 is 19.5 Å². The second-order valence-electron chi connectivity index (χ2n) is 6.02. The maximum Gasteiger partial charge on any atom is 0.251 e. The Bertz CT molecular complexity index is 929. The maximum atomic E-state index is 12.5. The Kier molecular flexibility index (Phi) is 6.46. The summed E-state index contributed by atoms with van der Waals surface area (Å²) >= 11 is 0. The fourth-order valence-electron chi connectivity index (χ4n) is 2.64. The third kappa shape index (κ3) is 5.01. The lowest BCUT2D eigenvalue weighted by Gasteiger charge is -2.12. The third-order valence-electron chi connectivity index (χ3n) is 4.16. The number of benzene rings is 2. The van der Waals surface area contributed by atoms with E-state index >= 15 is 0 Å². The molecule has 1 heterocycles. The quantitative estimate of drug-likeness (QED) is 0.648. The van der Waals surface area contributed by atoms with Gasteiger partial charge in [-0.25, -0.2) is 4.98 Å². The van der Waals surface area contributed by atoms with E-state index in [-0.39, 0.29) is 5.91 Å². The fraction of sp³-hybridized carbons (Fsp3) is 0.182. The monoisotopic (exact) mass is 378 g/mol. The smallest absolute Gasteiger partial charge is 0.251 e. The van der Waals surface area contributed by atoms with Gasteiger partial charge in [-0.15, -0.1) is 0 Å². The van der Waals surface area contributed by atoms with E-state index in [1.165, 1.54) is 0 Å². The number of nitrogens with zero attached hydrogens (tertiary/aromatic N) is 1. The van der Waals surface area contributed by atoms with Crippen molar-refractivity contribution < 1.29 is 19.0 Å². The van der Waals surface area contributed by atoms with E-state index in [4.69, 9.17) is 14.2 Å². The summed E-state index contributed by atoms with van der Waals surface area (Å²) in [7, 11) is 3.18. The highest BCUT2D eigenvalue weighted by molar-refractivity contribution is 5.94. The molecule has 144 valence electrons. The standard InChI is InChI=1S/C22H22N2O4/c1-26-19-9-8-18(20(13-19)27-2)14-24-22(25)17-10-11-23-21(12-17)28-15-16-6-4-3-5-7-16/h3-13H,14-15H2,1-2H3,(H,24,25). The van der Waals surface area contributed by atoms with E-state index in [1.807, 2.05) is 42.5 Å². The zero-order valence-electron chi connectivity index (χ0n) is 15.8. The molecule has 3 rings (SSSR count). The van der Waals surface area contributed by atoms with Gasteiger partial charge in [-0.1, -0.05) is 30.3 Å². The first-order valence-electron chi connectivity index (χ1n) is 8.81. The Hall–Kier alpha value is -3.54. The minimum Gasteiger partial charge on any atom is -0.497 e. The van der Waals surface area contributed by atoms with Crippen LogP contribution in [-0.4, -0.2) is 25.1 Å². The molecule has 0 atom stereocenters. The first-order valence-corrected chi connectivity index (χ1v) is 8.81. The van der Waals surface area contributed by atoms with Crippen LogP contribution in [0.1, 0.15) is 21.5 Å². The number of ether oxygens (including phenoxy) is 3. The van der Waals surface area contributed by atoms with Crippen LogP contribution in [0.5, 0.6) is 17.4 Å². The van der Waals surface area contributed by atoms with Crippen molar-refractivity contribution in [1.29, 1.82) is 0 Å². The van der Waals surface area contributed by atoms with Crippen LogP contribution < -0.4 is 19.5 Å². The Balaban J connectivity index is 1.62. The molecular weight excluding hydrogens is 356 g/mol. The number of amides is 1. The van der Waals surface area contributed by atoms with E-state index in [0.717, 1.165) is 11.1 Å². The molecule has 0 bridgehead atoms. The maximum absolute atomic E-state index is 12.5. The van der Waals surface area contributed by atoms with Crippen molar-refractivity contribution in [1.82, 2.24) is 10.3 Å². The van der Waals surface area contributed by atoms with Gasteiger partial charge in [0.15, 0.2) is 0 Å². The summed E-state index contributed by atoms with van der Waals surface area (Å²) in [6, 6.07) is 18.5. The summed E-state index contributed by atoms with van der Waals surface area (Å²) in [5.41, 5.74) is 2.36. The minimum atomic E-state index is -0.218. The van der Waals surface area contributed by atoms with Crippen LogP contribution in [-0.2, 0) is 13.2 Å². The first-order chi connectivity index (χ1) is 13.7. The van der Waals surface area contributed by atoms with E-state index in [1.54, 1.807) is 38.6 Å². The lowest BCUT2D eigenvalue weighted by atomic mass is 10.1. The van der Waals surface area contributed by atoms with E-state index < -0.39 is 0 Å². The summed E-state index contributed by atoms with van der Waals surface area (Å²) in [6.45, 7) is 0.719. The molecule has 1 aromatic heterocycles. The number of pyridine rings is 1. The van der Waals surface area contributed by atoms with Crippen molar-refractivity contribution in [2.75, 3.05) is 14.2 Å². The zero-order valence-corrected chi connectivity index (χ0v) is 15.8. The van der Waals surface area contributed by atoms with Crippen LogP contribution in [0.15, 0.2) is 66.9 Å². The summed E-state index contributed by atoms with van der Waals surface area (Å²) in [4.78, 5) is 16.7. The van der Waals surface area contributed by atoms with E-state index in [2.05, 4.69) is 10.3 Å². The highest BCUT2D eigenvalue weighted by Gasteiger charge is 2.10. The van der Waals surface area contributed by atoms with E-state index in [0.29, 0.717) is 36.1 Å². The lowest BCUT2D eigenvalue weighted by molar-refractivity contribution is 0.0950. The van der Waals surface area contributed by atoms with Crippen LogP contribution in [0.25, 0.3) is 0 Å². The van der Waals surface area contributed by atoms with Crippen molar-refractivity contribution in [2.24, 2.45) is 0 Å². The predicted octanol–water partition coefficient (Wildman–Crippen LogP) is 3.61. The van der Waals surface area contributed by atoms with Crippen LogP contribution in [0.2, 0.25) is 0 Å². The average molecular weight is 378 g/mol. The van der Waals surface area contributed by atoms with Crippen LogP contribution in [0.4, 0.5) is 0 Å². The summed E-state index contributed by atoms with van der Waals surface area (Å²) in [5, 5.41) is 2.89. The number of carbonyl (C=O) groups excluding carboxylic acids is 1. The molecule has 0 aliphatic carbocycles. The van der Waals surface area contributed by atoms with Crippen LogP contribution in [0.3, 0.4) is 0 Å². The van der Waals surface area contributed by atoms with Gasteiger partial charge in [0.25, 0.3) is 5.91 Å². The number of hydrogen-bond donors (Lipinski definition) is 1. The molecule has 0 aliphatic heterocycles. The first kappa shape index (κ1) is 19.2. The molecule has 3 aromatic rings. The topological polar surface area (TPSA) is 69.7 Å². The molecular formula is C22H22N2O4. The molecule has 6 heteroatoms. The molecule has 0 unspecified atom stereocenters. The Morgan fingerprint density at radius 3 is 2.57 bits per heavy atom. The number of nitrogens with one attached hydrogen (secondary N) is 1. The number of rotatable bonds is 8. The molecule has 1 amide bonds. The molecule has 0 fully saturated rings. The number of carbonyl (C=O) groups is 1. The fourth-order valence-corrected chi connectivity index (χ4v) is 2.64. The van der Waals surface area contributed by atoms with Crippen molar-refractivity contribution in [2.45, 2.75) is 13.2 Å². The molecule has 1 N–H and O–H groups in total. The van der Waals surface area contributed by atoms with Crippen molar-refractivity contribution in [3.63, 3.8) is 0 Å². The average Bonchev–Trinajstić information content (AvgIpc) is 2.76. The van der Waals surface area contributed by atoms with Gasteiger partial charge in [-0.05, 0) is 23.8 Å². The number of methoxy groups -OCH3 is 2. The molecule has 0 spiro atoms. The Morgan fingerprint density at radius 2 is 1.82 bits per heavy atom. The zero-order chi connectivity index (χ0) is 19.8. The second-order valence-corrected chi connectivity index (χ2v) is 6.02. The molecule has 28 heavy (non-hydrogen) atoms. The van der Waals surface area contributed by atoms with Gasteiger partial charge in [0.2, 0.25) is 5.88 Å². The highest BCUT2D eigenvalue weighted by atomic mass is 16.5.